The third-order valence-corrected chi connectivity index (χ3v) is 3.93. The van der Waals surface area contributed by atoms with Crippen LogP contribution in [0.25, 0.3) is 0 Å². The third kappa shape index (κ3) is 3.06. The molecule has 2 nitrogen and oxygen atoms in total. The molecule has 1 aromatic rings. The Morgan fingerprint density at radius 3 is 2.74 bits per heavy atom. The molecule has 0 saturated carbocycles. The first-order valence-electron chi connectivity index (χ1n) is 7.11. The molecule has 0 fully saturated rings. The molecule has 0 spiro atoms. The van der Waals surface area contributed by atoms with E-state index in [2.05, 4.69) is 44.7 Å². The van der Waals surface area contributed by atoms with Gasteiger partial charge in [0.15, 0.2) is 0 Å². The van der Waals surface area contributed by atoms with Crippen LogP contribution >= 0.6 is 0 Å². The van der Waals surface area contributed by atoms with Crippen LogP contribution in [0.15, 0.2) is 36.9 Å². The van der Waals surface area contributed by atoms with E-state index in [9.17, 15) is 4.79 Å². The maximum Gasteiger partial charge on any atom is 0.226 e. The number of carbonyl (C=O) groups is 1. The quantitative estimate of drug-likeness (QED) is 0.758. The fraction of sp³-hybridized carbons (Fsp3) is 0.471. The predicted molar refractivity (Wildman–Crippen MR) is 79.0 cm³/mol. The highest BCUT2D eigenvalue weighted by Crippen LogP contribution is 2.27. The summed E-state index contributed by atoms with van der Waals surface area (Å²) in [6.45, 7) is 8.54. The van der Waals surface area contributed by atoms with Gasteiger partial charge in [0.25, 0.3) is 0 Å². The predicted octanol–water partition coefficient (Wildman–Crippen LogP) is 3.21. The molecule has 2 rings (SSSR count). The van der Waals surface area contributed by atoms with E-state index >= 15 is 0 Å². The molecular weight excluding hydrogens is 234 g/mol. The van der Waals surface area contributed by atoms with Crippen LogP contribution < -0.4 is 0 Å². The van der Waals surface area contributed by atoms with E-state index in [1.165, 1.54) is 11.1 Å². The van der Waals surface area contributed by atoms with Crippen molar-refractivity contribution < 1.29 is 4.79 Å². The van der Waals surface area contributed by atoms with Gasteiger partial charge in [-0.1, -0.05) is 30.3 Å². The van der Waals surface area contributed by atoms with Crippen LogP contribution in [-0.4, -0.2) is 23.4 Å². The molecule has 0 aliphatic heterocycles. The van der Waals surface area contributed by atoms with E-state index in [1.807, 2.05) is 11.0 Å². The minimum Gasteiger partial charge on any atom is -0.336 e. The van der Waals surface area contributed by atoms with Gasteiger partial charge in [-0.05, 0) is 44.2 Å². The number of hydrogen-bond donors (Lipinski definition) is 0. The summed E-state index contributed by atoms with van der Waals surface area (Å²) in [5, 5.41) is 0. The van der Waals surface area contributed by atoms with Gasteiger partial charge in [-0.2, -0.15) is 0 Å². The second-order valence-electron chi connectivity index (χ2n) is 5.58. The molecule has 19 heavy (non-hydrogen) atoms. The summed E-state index contributed by atoms with van der Waals surface area (Å²) in [6.07, 6.45) is 4.69. The lowest BCUT2D eigenvalue weighted by atomic mass is 9.83. The summed E-state index contributed by atoms with van der Waals surface area (Å²) in [4.78, 5) is 14.6. The average Bonchev–Trinajstić information content (AvgIpc) is 2.43. The number of aryl methyl sites for hydroxylation is 1. The van der Waals surface area contributed by atoms with E-state index in [0.717, 1.165) is 19.3 Å². The average molecular weight is 257 g/mol. The van der Waals surface area contributed by atoms with E-state index in [1.54, 1.807) is 0 Å². The molecule has 0 bridgehead atoms. The number of benzene rings is 1. The Bertz CT molecular complexity index is 464. The van der Waals surface area contributed by atoms with Crippen LogP contribution in [0.5, 0.6) is 0 Å². The van der Waals surface area contributed by atoms with Crippen LogP contribution in [0.1, 0.15) is 31.4 Å². The minimum atomic E-state index is 0.136. The first-order valence-corrected chi connectivity index (χ1v) is 7.11. The van der Waals surface area contributed by atoms with Crippen molar-refractivity contribution in [1.29, 1.82) is 0 Å². The number of fused-ring (bicyclic) bond motifs is 1. The lowest BCUT2D eigenvalue weighted by Gasteiger charge is -2.32. The van der Waals surface area contributed by atoms with Crippen molar-refractivity contribution in [1.82, 2.24) is 4.90 Å². The summed E-state index contributed by atoms with van der Waals surface area (Å²) >= 11 is 0. The SMILES string of the molecule is C=CCN(C(=O)[C@H]1CCc2ccccc2C1)C(C)C. The second-order valence-corrected chi connectivity index (χ2v) is 5.58. The van der Waals surface area contributed by atoms with Crippen molar-refractivity contribution >= 4 is 5.91 Å². The van der Waals surface area contributed by atoms with Gasteiger partial charge in [-0.3, -0.25) is 4.79 Å². The summed E-state index contributed by atoms with van der Waals surface area (Å²) in [7, 11) is 0. The molecule has 1 amide bonds. The molecule has 1 atom stereocenters. The van der Waals surface area contributed by atoms with Gasteiger partial charge in [-0.15, -0.1) is 6.58 Å². The summed E-state index contributed by atoms with van der Waals surface area (Å²) in [6, 6.07) is 8.72. The fourth-order valence-corrected chi connectivity index (χ4v) is 2.84. The number of nitrogens with zero attached hydrogens (tertiary/aromatic N) is 1. The van der Waals surface area contributed by atoms with Gasteiger partial charge in [-0.25, -0.2) is 0 Å². The van der Waals surface area contributed by atoms with E-state index < -0.39 is 0 Å². The molecule has 2 heteroatoms. The Hall–Kier alpha value is -1.57. The zero-order chi connectivity index (χ0) is 13.8. The topological polar surface area (TPSA) is 20.3 Å². The first kappa shape index (κ1) is 13.9. The van der Waals surface area contributed by atoms with Crippen LogP contribution in [0.3, 0.4) is 0 Å². The van der Waals surface area contributed by atoms with Crippen LogP contribution in [0.2, 0.25) is 0 Å². The molecule has 0 heterocycles. The van der Waals surface area contributed by atoms with E-state index in [0.29, 0.717) is 6.54 Å². The summed E-state index contributed by atoms with van der Waals surface area (Å²) in [5.41, 5.74) is 2.75. The Labute approximate surface area is 116 Å². The molecule has 0 N–H and O–H groups in total. The number of hydrogen-bond acceptors (Lipinski definition) is 1. The highest BCUT2D eigenvalue weighted by molar-refractivity contribution is 5.80. The van der Waals surface area contributed by atoms with Gasteiger partial charge < -0.3 is 4.90 Å². The Morgan fingerprint density at radius 2 is 2.11 bits per heavy atom. The van der Waals surface area contributed by atoms with Crippen molar-refractivity contribution in [3.05, 3.63) is 48.0 Å². The van der Waals surface area contributed by atoms with Crippen LogP contribution in [-0.2, 0) is 17.6 Å². The zero-order valence-electron chi connectivity index (χ0n) is 11.9. The second kappa shape index (κ2) is 6.05. The Kier molecular flexibility index (Phi) is 4.41. The Balaban J connectivity index is 2.11. The molecule has 102 valence electrons. The van der Waals surface area contributed by atoms with Gasteiger partial charge in [0.2, 0.25) is 5.91 Å². The fourth-order valence-electron chi connectivity index (χ4n) is 2.84. The first-order chi connectivity index (χ1) is 9.13. The van der Waals surface area contributed by atoms with Crippen molar-refractivity contribution in [3.8, 4) is 0 Å². The maximum atomic E-state index is 12.6. The number of amides is 1. The highest BCUT2D eigenvalue weighted by Gasteiger charge is 2.28. The van der Waals surface area contributed by atoms with Gasteiger partial charge in [0.1, 0.15) is 0 Å². The van der Waals surface area contributed by atoms with Crippen molar-refractivity contribution in [2.45, 2.75) is 39.2 Å². The highest BCUT2D eigenvalue weighted by atomic mass is 16.2. The molecule has 0 unspecified atom stereocenters. The van der Waals surface area contributed by atoms with E-state index in [4.69, 9.17) is 0 Å². The lowest BCUT2D eigenvalue weighted by Crippen LogP contribution is -2.42. The summed E-state index contributed by atoms with van der Waals surface area (Å²) in [5.74, 6) is 0.418. The molecule has 1 aromatic carbocycles. The molecule has 1 aliphatic rings. The standard InChI is InChI=1S/C17H23NO/c1-4-11-18(13(2)3)17(19)16-10-9-14-7-5-6-8-15(14)12-16/h4-8,13,16H,1,9-12H2,2-3H3/t16-/m0/s1. The van der Waals surface area contributed by atoms with Gasteiger partial charge in [0.05, 0.1) is 0 Å². The van der Waals surface area contributed by atoms with Crippen LogP contribution in [0.4, 0.5) is 0 Å². The molecular formula is C17H23NO. The monoisotopic (exact) mass is 257 g/mol. The molecule has 0 saturated heterocycles. The normalized spacial score (nSPS) is 17.9. The molecule has 0 aromatic heterocycles. The van der Waals surface area contributed by atoms with Crippen molar-refractivity contribution in [2.24, 2.45) is 5.92 Å². The maximum absolute atomic E-state index is 12.6. The largest absolute Gasteiger partial charge is 0.336 e. The molecule has 1 aliphatic carbocycles. The third-order valence-electron chi connectivity index (χ3n) is 3.93. The van der Waals surface area contributed by atoms with Crippen molar-refractivity contribution in [2.75, 3.05) is 6.54 Å². The van der Waals surface area contributed by atoms with Crippen molar-refractivity contribution in [3.63, 3.8) is 0 Å². The molecule has 0 radical (unpaired) electrons. The Morgan fingerprint density at radius 1 is 1.42 bits per heavy atom. The van der Waals surface area contributed by atoms with E-state index in [-0.39, 0.29) is 17.9 Å². The number of rotatable bonds is 4. The number of carbonyl (C=O) groups excluding carboxylic acids is 1. The van der Waals surface area contributed by atoms with Crippen LogP contribution in [0, 0.1) is 5.92 Å². The lowest BCUT2D eigenvalue weighted by molar-refractivity contribution is -0.137. The smallest absolute Gasteiger partial charge is 0.226 e. The van der Waals surface area contributed by atoms with Gasteiger partial charge >= 0.3 is 0 Å². The van der Waals surface area contributed by atoms with Gasteiger partial charge in [0, 0.05) is 18.5 Å². The zero-order valence-corrected chi connectivity index (χ0v) is 11.9. The summed E-state index contributed by atoms with van der Waals surface area (Å²) < 4.78 is 0. The minimum absolute atomic E-state index is 0.136.